The first-order valence-electron chi connectivity index (χ1n) is 6.01. The van der Waals surface area contributed by atoms with Crippen LogP contribution < -0.4 is 5.32 Å². The van der Waals surface area contributed by atoms with Crippen molar-refractivity contribution in [2.75, 3.05) is 26.1 Å². The smallest absolute Gasteiger partial charge is 0.338 e. The molecule has 100 valence electrons. The molecule has 0 fully saturated rings. The van der Waals surface area contributed by atoms with Crippen molar-refractivity contribution in [3.63, 3.8) is 0 Å². The number of carbonyl (C=O) groups is 1. The maximum atomic E-state index is 11.4. The minimum absolute atomic E-state index is 0.195. The molecule has 0 bridgehead atoms. The van der Waals surface area contributed by atoms with Gasteiger partial charge in [0.05, 0.1) is 25.3 Å². The number of methoxy groups -OCH3 is 2. The van der Waals surface area contributed by atoms with Crippen molar-refractivity contribution in [1.82, 2.24) is 4.98 Å². The maximum Gasteiger partial charge on any atom is 0.338 e. The van der Waals surface area contributed by atoms with E-state index in [1.54, 1.807) is 25.4 Å². The monoisotopic (exact) mass is 252 g/mol. The van der Waals surface area contributed by atoms with Crippen LogP contribution in [0, 0.1) is 0 Å². The molecule has 5 nitrogen and oxygen atoms in total. The van der Waals surface area contributed by atoms with Crippen LogP contribution in [-0.2, 0) is 9.47 Å². The third-order valence-electron chi connectivity index (χ3n) is 2.54. The fraction of sp³-hybridized carbons (Fsp3) is 0.538. The molecule has 1 unspecified atom stereocenters. The second-order valence-electron chi connectivity index (χ2n) is 4.01. The van der Waals surface area contributed by atoms with Crippen molar-refractivity contribution < 1.29 is 14.3 Å². The van der Waals surface area contributed by atoms with Crippen LogP contribution in [0.5, 0.6) is 0 Å². The molecule has 1 aromatic rings. The molecule has 0 saturated heterocycles. The molecule has 0 aliphatic rings. The summed E-state index contributed by atoms with van der Waals surface area (Å²) in [7, 11) is 3.03. The summed E-state index contributed by atoms with van der Waals surface area (Å²) in [6.07, 6.45) is 3.63. The Kier molecular flexibility index (Phi) is 6.14. The Hall–Kier alpha value is -1.62. The van der Waals surface area contributed by atoms with E-state index in [9.17, 15) is 4.79 Å². The molecule has 1 rings (SSSR count). The van der Waals surface area contributed by atoms with Crippen LogP contribution in [0.3, 0.4) is 0 Å². The van der Waals surface area contributed by atoms with Gasteiger partial charge in [-0.15, -0.1) is 0 Å². The summed E-state index contributed by atoms with van der Waals surface area (Å²) in [4.78, 5) is 15.6. The molecule has 0 spiro atoms. The van der Waals surface area contributed by atoms with Crippen molar-refractivity contribution >= 4 is 11.8 Å². The summed E-state index contributed by atoms with van der Waals surface area (Å²) in [5.74, 6) is 0.299. The number of nitrogens with zero attached hydrogens (tertiary/aromatic N) is 1. The van der Waals surface area contributed by atoms with E-state index in [1.165, 1.54) is 7.11 Å². The molecule has 0 radical (unpaired) electrons. The predicted molar refractivity (Wildman–Crippen MR) is 69.8 cm³/mol. The maximum absolute atomic E-state index is 11.4. The van der Waals surface area contributed by atoms with Crippen LogP contribution in [0.1, 0.15) is 30.1 Å². The average molecular weight is 252 g/mol. The molecular formula is C13H20N2O3. The van der Waals surface area contributed by atoms with E-state index in [2.05, 4.69) is 22.0 Å². The lowest BCUT2D eigenvalue weighted by molar-refractivity contribution is 0.0600. The molecule has 1 atom stereocenters. The van der Waals surface area contributed by atoms with E-state index < -0.39 is 0 Å². The highest BCUT2D eigenvalue weighted by Gasteiger charge is 2.10. The Bertz CT molecular complexity index is 376. The van der Waals surface area contributed by atoms with Crippen LogP contribution in [-0.4, -0.2) is 37.8 Å². The lowest BCUT2D eigenvalue weighted by Crippen LogP contribution is -2.25. The van der Waals surface area contributed by atoms with Gasteiger partial charge in [-0.2, -0.15) is 0 Å². The Morgan fingerprint density at radius 1 is 1.50 bits per heavy atom. The fourth-order valence-electron chi connectivity index (χ4n) is 1.71. The van der Waals surface area contributed by atoms with Gasteiger partial charge < -0.3 is 14.8 Å². The number of esters is 1. The summed E-state index contributed by atoms with van der Waals surface area (Å²) in [6.45, 7) is 2.72. The normalized spacial score (nSPS) is 11.9. The Morgan fingerprint density at radius 3 is 2.89 bits per heavy atom. The first-order chi connectivity index (χ1) is 8.71. The number of anilines is 1. The molecule has 0 aromatic carbocycles. The zero-order chi connectivity index (χ0) is 13.4. The molecule has 1 heterocycles. The van der Waals surface area contributed by atoms with Crippen LogP contribution in [0.4, 0.5) is 5.82 Å². The SMILES string of the molecule is CCCC(COC)Nc1cc(C(=O)OC)ccn1. The van der Waals surface area contributed by atoms with Gasteiger partial charge in [0.2, 0.25) is 0 Å². The summed E-state index contributed by atoms with van der Waals surface area (Å²) in [6, 6.07) is 3.51. The Labute approximate surface area is 108 Å². The molecular weight excluding hydrogens is 232 g/mol. The van der Waals surface area contributed by atoms with Gasteiger partial charge in [0.25, 0.3) is 0 Å². The van der Waals surface area contributed by atoms with E-state index in [1.807, 2.05) is 0 Å². The van der Waals surface area contributed by atoms with E-state index in [-0.39, 0.29) is 12.0 Å². The second-order valence-corrected chi connectivity index (χ2v) is 4.01. The first-order valence-corrected chi connectivity index (χ1v) is 6.01. The zero-order valence-corrected chi connectivity index (χ0v) is 11.1. The quantitative estimate of drug-likeness (QED) is 0.753. The van der Waals surface area contributed by atoms with Crippen molar-refractivity contribution in [2.24, 2.45) is 0 Å². The predicted octanol–water partition coefficient (Wildman–Crippen LogP) is 2.10. The molecule has 0 aliphatic carbocycles. The van der Waals surface area contributed by atoms with Crippen molar-refractivity contribution in [2.45, 2.75) is 25.8 Å². The topological polar surface area (TPSA) is 60.5 Å². The van der Waals surface area contributed by atoms with Gasteiger partial charge in [0.1, 0.15) is 5.82 Å². The van der Waals surface area contributed by atoms with E-state index >= 15 is 0 Å². The molecule has 1 N–H and O–H groups in total. The largest absolute Gasteiger partial charge is 0.465 e. The summed E-state index contributed by atoms with van der Waals surface area (Å²) < 4.78 is 9.82. The van der Waals surface area contributed by atoms with Crippen LogP contribution in [0.2, 0.25) is 0 Å². The lowest BCUT2D eigenvalue weighted by atomic mass is 10.2. The third kappa shape index (κ3) is 4.33. The third-order valence-corrected chi connectivity index (χ3v) is 2.54. The van der Waals surface area contributed by atoms with Gasteiger partial charge in [0.15, 0.2) is 0 Å². The average Bonchev–Trinajstić information content (AvgIpc) is 2.39. The minimum Gasteiger partial charge on any atom is -0.465 e. The summed E-state index contributed by atoms with van der Waals surface area (Å²) in [5.41, 5.74) is 0.489. The van der Waals surface area contributed by atoms with Crippen LogP contribution in [0.15, 0.2) is 18.3 Å². The van der Waals surface area contributed by atoms with Gasteiger partial charge in [-0.1, -0.05) is 13.3 Å². The molecule has 5 heteroatoms. The van der Waals surface area contributed by atoms with Crippen LogP contribution in [0.25, 0.3) is 0 Å². The zero-order valence-electron chi connectivity index (χ0n) is 11.1. The standard InChI is InChI=1S/C13H20N2O3/c1-4-5-11(9-17-2)15-12-8-10(6-7-14-12)13(16)18-3/h6-8,11H,4-5,9H2,1-3H3,(H,14,15). The van der Waals surface area contributed by atoms with E-state index in [0.29, 0.717) is 18.0 Å². The number of hydrogen-bond donors (Lipinski definition) is 1. The highest BCUT2D eigenvalue weighted by Crippen LogP contribution is 2.11. The number of pyridine rings is 1. The fourth-order valence-corrected chi connectivity index (χ4v) is 1.71. The van der Waals surface area contributed by atoms with Gasteiger partial charge >= 0.3 is 5.97 Å². The molecule has 0 amide bonds. The summed E-state index contributed by atoms with van der Waals surface area (Å²) in [5, 5.41) is 3.26. The number of rotatable bonds is 7. The minimum atomic E-state index is -0.362. The highest BCUT2D eigenvalue weighted by atomic mass is 16.5. The van der Waals surface area contributed by atoms with Gasteiger partial charge in [0, 0.05) is 13.3 Å². The number of hydrogen-bond acceptors (Lipinski definition) is 5. The number of nitrogens with one attached hydrogen (secondary N) is 1. The van der Waals surface area contributed by atoms with Gasteiger partial charge in [-0.05, 0) is 18.6 Å². The number of aromatic nitrogens is 1. The van der Waals surface area contributed by atoms with Crippen LogP contribution >= 0.6 is 0 Å². The number of ether oxygens (including phenoxy) is 2. The van der Waals surface area contributed by atoms with Crippen molar-refractivity contribution in [3.05, 3.63) is 23.9 Å². The van der Waals surface area contributed by atoms with E-state index in [4.69, 9.17) is 4.74 Å². The molecule has 0 saturated carbocycles. The number of carbonyl (C=O) groups excluding carboxylic acids is 1. The van der Waals surface area contributed by atoms with Crippen molar-refractivity contribution in [1.29, 1.82) is 0 Å². The molecule has 1 aromatic heterocycles. The highest BCUT2D eigenvalue weighted by molar-refractivity contribution is 5.89. The van der Waals surface area contributed by atoms with Crippen molar-refractivity contribution in [3.8, 4) is 0 Å². The molecule has 0 aliphatic heterocycles. The first kappa shape index (κ1) is 14.4. The lowest BCUT2D eigenvalue weighted by Gasteiger charge is -2.17. The molecule has 18 heavy (non-hydrogen) atoms. The van der Waals surface area contributed by atoms with E-state index in [0.717, 1.165) is 12.8 Å². The van der Waals surface area contributed by atoms with Gasteiger partial charge in [-0.25, -0.2) is 9.78 Å². The Balaban J connectivity index is 2.73. The second kappa shape index (κ2) is 7.66. The summed E-state index contributed by atoms with van der Waals surface area (Å²) >= 11 is 0. The van der Waals surface area contributed by atoms with Gasteiger partial charge in [-0.3, -0.25) is 0 Å². The Morgan fingerprint density at radius 2 is 2.28 bits per heavy atom.